The third-order valence-electron chi connectivity index (χ3n) is 4.97. The molecule has 1 unspecified atom stereocenters. The molecule has 0 aliphatic carbocycles. The maximum Gasteiger partial charge on any atom is 0.126 e. The summed E-state index contributed by atoms with van der Waals surface area (Å²) in [5.74, 6) is 0.881. The van der Waals surface area contributed by atoms with Crippen LogP contribution in [0.4, 0.5) is 0 Å². The van der Waals surface area contributed by atoms with Crippen LogP contribution in [-0.2, 0) is 6.54 Å². The first-order valence-corrected chi connectivity index (χ1v) is 10.7. The van der Waals surface area contributed by atoms with Crippen LogP contribution in [0.2, 0.25) is 10.0 Å². The van der Waals surface area contributed by atoms with E-state index in [1.54, 1.807) is 0 Å². The first-order valence-electron chi connectivity index (χ1n) is 9.91. The molecule has 0 radical (unpaired) electrons. The van der Waals surface area contributed by atoms with Gasteiger partial charge in [-0.25, -0.2) is 4.98 Å². The quantitative estimate of drug-likeness (QED) is 0.387. The lowest BCUT2D eigenvalue weighted by Gasteiger charge is -2.15. The summed E-state index contributed by atoms with van der Waals surface area (Å²) in [5, 5.41) is 1.31. The molecule has 0 fully saturated rings. The second-order valence-corrected chi connectivity index (χ2v) is 7.95. The van der Waals surface area contributed by atoms with Gasteiger partial charge in [0, 0.05) is 27.4 Å². The van der Waals surface area contributed by atoms with Gasteiger partial charge in [-0.05, 0) is 18.6 Å². The van der Waals surface area contributed by atoms with Crippen molar-refractivity contribution in [3.8, 4) is 11.3 Å². The Morgan fingerprint density at radius 1 is 0.964 bits per heavy atom. The fourth-order valence-corrected chi connectivity index (χ4v) is 3.89. The molecular weight excluding hydrogens is 389 g/mol. The van der Waals surface area contributed by atoms with Crippen molar-refractivity contribution in [2.75, 3.05) is 0 Å². The fraction of sp³-hybridized carbons (Fsp3) is 0.348. The third kappa shape index (κ3) is 5.16. The van der Waals surface area contributed by atoms with Crippen LogP contribution < -0.4 is 5.73 Å². The molecule has 0 spiro atoms. The predicted octanol–water partition coefficient (Wildman–Crippen LogP) is 6.88. The number of aromatic nitrogens is 2. The van der Waals surface area contributed by atoms with E-state index in [-0.39, 0.29) is 6.04 Å². The molecule has 0 aliphatic rings. The molecule has 0 amide bonds. The largest absolute Gasteiger partial charge is 0.328 e. The molecule has 1 atom stereocenters. The smallest absolute Gasteiger partial charge is 0.126 e. The van der Waals surface area contributed by atoms with Gasteiger partial charge in [-0.2, -0.15) is 0 Å². The first kappa shape index (κ1) is 20.9. The minimum atomic E-state index is -0.115. The summed E-state index contributed by atoms with van der Waals surface area (Å²) < 4.78 is 2.10. The van der Waals surface area contributed by atoms with Gasteiger partial charge in [0.2, 0.25) is 0 Å². The summed E-state index contributed by atoms with van der Waals surface area (Å²) in [6.07, 6.45) is 7.73. The van der Waals surface area contributed by atoms with Gasteiger partial charge in [0.05, 0.1) is 18.3 Å². The molecule has 0 saturated carbocycles. The Labute approximate surface area is 177 Å². The highest BCUT2D eigenvalue weighted by Crippen LogP contribution is 2.29. The summed E-state index contributed by atoms with van der Waals surface area (Å²) in [5.41, 5.74) is 9.44. The van der Waals surface area contributed by atoms with Crippen molar-refractivity contribution in [2.24, 2.45) is 5.73 Å². The average Bonchev–Trinajstić information content (AvgIpc) is 3.13. The van der Waals surface area contributed by atoms with Crippen LogP contribution in [0.3, 0.4) is 0 Å². The van der Waals surface area contributed by atoms with Crippen molar-refractivity contribution in [2.45, 2.75) is 51.6 Å². The zero-order chi connectivity index (χ0) is 19.9. The monoisotopic (exact) mass is 415 g/mol. The van der Waals surface area contributed by atoms with Gasteiger partial charge < -0.3 is 10.3 Å². The summed E-state index contributed by atoms with van der Waals surface area (Å²) in [4.78, 5) is 4.89. The van der Waals surface area contributed by atoms with Crippen LogP contribution in [0.5, 0.6) is 0 Å². The Morgan fingerprint density at radius 2 is 1.68 bits per heavy atom. The Balaban J connectivity index is 1.91. The lowest BCUT2D eigenvalue weighted by atomic mass is 10.1. The highest BCUT2D eigenvalue weighted by atomic mass is 35.5. The lowest BCUT2D eigenvalue weighted by molar-refractivity contribution is 0.527. The van der Waals surface area contributed by atoms with Crippen LogP contribution >= 0.6 is 23.2 Å². The molecule has 1 aromatic heterocycles. The van der Waals surface area contributed by atoms with E-state index >= 15 is 0 Å². The number of nitrogens with two attached hydrogens (primary N) is 1. The van der Waals surface area contributed by atoms with E-state index in [2.05, 4.69) is 29.8 Å². The van der Waals surface area contributed by atoms with Crippen molar-refractivity contribution in [3.05, 3.63) is 76.2 Å². The van der Waals surface area contributed by atoms with E-state index in [0.29, 0.717) is 16.6 Å². The van der Waals surface area contributed by atoms with Crippen molar-refractivity contribution in [1.29, 1.82) is 0 Å². The number of unbranched alkanes of at least 4 members (excludes halogenated alkanes) is 3. The van der Waals surface area contributed by atoms with Gasteiger partial charge in [-0.1, -0.05) is 92.2 Å². The molecule has 148 valence electrons. The normalized spacial score (nSPS) is 12.3. The third-order valence-corrected chi connectivity index (χ3v) is 5.68. The SMILES string of the molecule is CCCCCCC(N)c1nc(-c2ccccc2)cn1Cc1c(Cl)cccc1Cl. The molecule has 28 heavy (non-hydrogen) atoms. The molecule has 3 aromatic rings. The molecule has 2 N–H and O–H groups in total. The van der Waals surface area contributed by atoms with Gasteiger partial charge >= 0.3 is 0 Å². The predicted molar refractivity (Wildman–Crippen MR) is 119 cm³/mol. The molecule has 2 aromatic carbocycles. The topological polar surface area (TPSA) is 43.8 Å². The van der Waals surface area contributed by atoms with Crippen LogP contribution in [-0.4, -0.2) is 9.55 Å². The molecule has 1 heterocycles. The van der Waals surface area contributed by atoms with Gasteiger partial charge in [0.25, 0.3) is 0 Å². The van der Waals surface area contributed by atoms with Crippen LogP contribution in [0.15, 0.2) is 54.7 Å². The minimum absolute atomic E-state index is 0.115. The van der Waals surface area contributed by atoms with Crippen LogP contribution in [0.25, 0.3) is 11.3 Å². The number of halogens is 2. The molecule has 3 nitrogen and oxygen atoms in total. The highest BCUT2D eigenvalue weighted by Gasteiger charge is 2.18. The van der Waals surface area contributed by atoms with Crippen molar-refractivity contribution >= 4 is 23.2 Å². The minimum Gasteiger partial charge on any atom is -0.328 e. The molecule has 3 rings (SSSR count). The molecule has 0 saturated heterocycles. The van der Waals surface area contributed by atoms with E-state index in [4.69, 9.17) is 33.9 Å². The molecule has 0 bridgehead atoms. The highest BCUT2D eigenvalue weighted by molar-refractivity contribution is 6.35. The summed E-state index contributed by atoms with van der Waals surface area (Å²) in [6, 6.07) is 15.6. The number of benzene rings is 2. The van der Waals surface area contributed by atoms with Crippen molar-refractivity contribution in [1.82, 2.24) is 9.55 Å². The summed E-state index contributed by atoms with van der Waals surface area (Å²) >= 11 is 12.8. The maximum absolute atomic E-state index is 6.55. The van der Waals surface area contributed by atoms with Gasteiger partial charge in [-0.3, -0.25) is 0 Å². The fourth-order valence-electron chi connectivity index (χ4n) is 3.37. The average molecular weight is 416 g/mol. The number of hydrogen-bond donors (Lipinski definition) is 1. The summed E-state index contributed by atoms with van der Waals surface area (Å²) in [6.45, 7) is 2.77. The second-order valence-electron chi connectivity index (χ2n) is 7.13. The Kier molecular flexibility index (Phi) is 7.55. The Bertz CT molecular complexity index is 870. The molecule has 5 heteroatoms. The number of hydrogen-bond acceptors (Lipinski definition) is 2. The van der Waals surface area contributed by atoms with E-state index in [1.807, 2.05) is 36.4 Å². The Morgan fingerprint density at radius 3 is 2.36 bits per heavy atom. The van der Waals surface area contributed by atoms with E-state index in [9.17, 15) is 0 Å². The molecule has 0 aliphatic heterocycles. The number of rotatable bonds is 9. The zero-order valence-electron chi connectivity index (χ0n) is 16.2. The second kappa shape index (κ2) is 10.1. The zero-order valence-corrected chi connectivity index (χ0v) is 17.8. The van der Waals surface area contributed by atoms with Crippen LogP contribution in [0, 0.1) is 0 Å². The molecular formula is C23H27Cl2N3. The summed E-state index contributed by atoms with van der Waals surface area (Å²) in [7, 11) is 0. The number of imidazole rings is 1. The Hall–Kier alpha value is -1.81. The standard InChI is InChI=1S/C23H27Cl2N3/c1-2-3-4-8-14-21(26)23-27-22(17-10-6-5-7-11-17)16-28(23)15-18-19(24)12-9-13-20(18)25/h5-7,9-13,16,21H,2-4,8,14-15,26H2,1H3. The van der Waals surface area contributed by atoms with E-state index < -0.39 is 0 Å². The van der Waals surface area contributed by atoms with Gasteiger partial charge in [0.1, 0.15) is 5.82 Å². The van der Waals surface area contributed by atoms with E-state index in [0.717, 1.165) is 35.5 Å². The van der Waals surface area contributed by atoms with Gasteiger partial charge in [-0.15, -0.1) is 0 Å². The van der Waals surface area contributed by atoms with Crippen molar-refractivity contribution in [3.63, 3.8) is 0 Å². The maximum atomic E-state index is 6.55. The van der Waals surface area contributed by atoms with Crippen LogP contribution in [0.1, 0.15) is 56.5 Å². The van der Waals surface area contributed by atoms with E-state index in [1.165, 1.54) is 19.3 Å². The van der Waals surface area contributed by atoms with Crippen molar-refractivity contribution < 1.29 is 0 Å². The number of nitrogens with zero attached hydrogens (tertiary/aromatic N) is 2. The van der Waals surface area contributed by atoms with Gasteiger partial charge in [0.15, 0.2) is 0 Å². The lowest BCUT2D eigenvalue weighted by Crippen LogP contribution is -2.17. The first-order chi connectivity index (χ1) is 13.6.